The lowest BCUT2D eigenvalue weighted by atomic mass is 10.2. The number of carbonyl (C=O) groups excluding carboxylic acids is 2. The molecule has 0 fully saturated rings. The molecule has 0 saturated heterocycles. The van der Waals surface area contributed by atoms with Crippen LogP contribution in [0.5, 0.6) is 0 Å². The average molecular weight is 425 g/mol. The van der Waals surface area contributed by atoms with Crippen molar-refractivity contribution in [3.05, 3.63) is 72.6 Å². The predicted molar refractivity (Wildman–Crippen MR) is 115 cm³/mol. The molecule has 154 valence electrons. The van der Waals surface area contributed by atoms with Crippen molar-refractivity contribution < 1.29 is 14.0 Å². The van der Waals surface area contributed by atoms with E-state index in [-0.39, 0.29) is 5.91 Å². The first kappa shape index (κ1) is 21.3. The zero-order chi connectivity index (χ0) is 21.7. The summed E-state index contributed by atoms with van der Waals surface area (Å²) in [7, 11) is 0. The highest BCUT2D eigenvalue weighted by molar-refractivity contribution is 8.00. The third-order valence-corrected chi connectivity index (χ3v) is 5.31. The van der Waals surface area contributed by atoms with Gasteiger partial charge in [0, 0.05) is 17.8 Å². The number of amides is 2. The van der Waals surface area contributed by atoms with Crippen molar-refractivity contribution in [2.45, 2.75) is 23.9 Å². The number of benzene rings is 2. The van der Waals surface area contributed by atoms with E-state index in [0.717, 1.165) is 0 Å². The second kappa shape index (κ2) is 9.36. The van der Waals surface area contributed by atoms with Crippen LogP contribution in [-0.2, 0) is 11.3 Å². The summed E-state index contributed by atoms with van der Waals surface area (Å²) in [4.78, 5) is 23.7. The Labute approximate surface area is 177 Å². The van der Waals surface area contributed by atoms with E-state index in [2.05, 4.69) is 22.1 Å². The van der Waals surface area contributed by atoms with Crippen molar-refractivity contribution in [3.63, 3.8) is 0 Å². The highest BCUT2D eigenvalue weighted by atomic mass is 32.2. The fourth-order valence-corrected chi connectivity index (χ4v) is 3.54. The Balaban J connectivity index is 1.76. The monoisotopic (exact) mass is 425 g/mol. The van der Waals surface area contributed by atoms with Gasteiger partial charge in [0.05, 0.1) is 10.8 Å². The number of rotatable bonds is 8. The smallest absolute Gasteiger partial charge is 0.248 e. The highest BCUT2D eigenvalue weighted by Gasteiger charge is 2.21. The van der Waals surface area contributed by atoms with E-state index >= 15 is 0 Å². The predicted octanol–water partition coefficient (Wildman–Crippen LogP) is 3.49. The van der Waals surface area contributed by atoms with E-state index in [1.807, 2.05) is 0 Å². The number of hydrogen-bond donors (Lipinski definition) is 2. The average Bonchev–Trinajstić information content (AvgIpc) is 3.11. The van der Waals surface area contributed by atoms with Crippen LogP contribution in [0, 0.1) is 5.82 Å². The summed E-state index contributed by atoms with van der Waals surface area (Å²) in [5, 5.41) is 11.0. The Hall–Kier alpha value is -3.46. The van der Waals surface area contributed by atoms with Crippen LogP contribution in [0.1, 0.15) is 17.3 Å². The number of hydrogen-bond acceptors (Lipinski definition) is 5. The number of nitrogens with two attached hydrogens (primary N) is 1. The first-order valence-electron chi connectivity index (χ1n) is 9.07. The number of allylic oxidation sites excluding steroid dienone is 1. The van der Waals surface area contributed by atoms with Crippen LogP contribution < -0.4 is 11.1 Å². The van der Waals surface area contributed by atoms with Gasteiger partial charge >= 0.3 is 0 Å². The van der Waals surface area contributed by atoms with E-state index in [1.165, 1.54) is 30.0 Å². The molecule has 3 aromatic rings. The van der Waals surface area contributed by atoms with E-state index in [9.17, 15) is 14.0 Å². The number of aromatic nitrogens is 3. The summed E-state index contributed by atoms with van der Waals surface area (Å²) in [5.41, 5.74) is 6.43. The first-order chi connectivity index (χ1) is 14.4. The molecule has 1 atom stereocenters. The maximum atomic E-state index is 14.2. The molecular weight excluding hydrogens is 405 g/mol. The van der Waals surface area contributed by atoms with Crippen LogP contribution in [0.3, 0.4) is 0 Å². The number of nitrogens with zero attached hydrogens (tertiary/aromatic N) is 3. The largest absolute Gasteiger partial charge is 0.366 e. The van der Waals surface area contributed by atoms with Gasteiger partial charge in [0.15, 0.2) is 11.0 Å². The Bertz CT molecular complexity index is 1080. The van der Waals surface area contributed by atoms with Gasteiger partial charge in [-0.1, -0.05) is 30.0 Å². The number of nitrogens with one attached hydrogen (secondary N) is 1. The lowest BCUT2D eigenvalue weighted by Gasteiger charge is -2.13. The first-order valence-corrected chi connectivity index (χ1v) is 9.95. The van der Waals surface area contributed by atoms with Crippen LogP contribution in [-0.4, -0.2) is 31.8 Å². The van der Waals surface area contributed by atoms with Gasteiger partial charge in [-0.15, -0.1) is 16.8 Å². The normalized spacial score (nSPS) is 11.7. The van der Waals surface area contributed by atoms with Gasteiger partial charge in [-0.25, -0.2) is 4.39 Å². The molecule has 2 amide bonds. The number of carbonyl (C=O) groups is 2. The Morgan fingerprint density at radius 3 is 2.57 bits per heavy atom. The standard InChI is InChI=1S/C21H20FN5O2S/c1-3-12-27-19(16-6-4-5-7-17(16)22)25-26-21(27)30-13(2)20(29)24-15-10-8-14(9-11-15)18(23)28/h3-11,13H,1,12H2,2H3,(H2,23,28)(H,24,29). The molecule has 0 saturated carbocycles. The van der Waals surface area contributed by atoms with Crippen LogP contribution in [0.2, 0.25) is 0 Å². The molecule has 0 aliphatic carbocycles. The zero-order valence-corrected chi connectivity index (χ0v) is 17.0. The Morgan fingerprint density at radius 2 is 1.93 bits per heavy atom. The number of anilines is 1. The summed E-state index contributed by atoms with van der Waals surface area (Å²) >= 11 is 1.20. The maximum Gasteiger partial charge on any atom is 0.248 e. The minimum absolute atomic E-state index is 0.257. The molecule has 3 N–H and O–H groups in total. The summed E-state index contributed by atoms with van der Waals surface area (Å²) < 4.78 is 15.9. The van der Waals surface area contributed by atoms with Crippen LogP contribution in [0.4, 0.5) is 10.1 Å². The molecule has 0 bridgehead atoms. The van der Waals surface area contributed by atoms with Gasteiger partial charge in [0.1, 0.15) is 5.82 Å². The molecule has 30 heavy (non-hydrogen) atoms. The van der Waals surface area contributed by atoms with Crippen molar-refractivity contribution in [3.8, 4) is 11.4 Å². The Morgan fingerprint density at radius 1 is 1.23 bits per heavy atom. The van der Waals surface area contributed by atoms with Crippen LogP contribution in [0.15, 0.2) is 66.3 Å². The van der Waals surface area contributed by atoms with E-state index in [1.54, 1.807) is 47.9 Å². The maximum absolute atomic E-state index is 14.2. The fourth-order valence-electron chi connectivity index (χ4n) is 2.68. The summed E-state index contributed by atoms with van der Waals surface area (Å²) in [6.07, 6.45) is 1.66. The van der Waals surface area contributed by atoms with E-state index in [0.29, 0.717) is 34.3 Å². The van der Waals surface area contributed by atoms with Gasteiger partial charge in [0.2, 0.25) is 11.8 Å². The van der Waals surface area contributed by atoms with Gasteiger partial charge in [0.25, 0.3) is 0 Å². The fraction of sp³-hybridized carbons (Fsp3) is 0.143. The molecule has 7 nitrogen and oxygen atoms in total. The van der Waals surface area contributed by atoms with Gasteiger partial charge < -0.3 is 11.1 Å². The van der Waals surface area contributed by atoms with Crippen molar-refractivity contribution in [2.24, 2.45) is 5.73 Å². The number of primary amides is 1. The molecule has 1 heterocycles. The topological polar surface area (TPSA) is 103 Å². The molecule has 3 rings (SSSR count). The summed E-state index contributed by atoms with van der Waals surface area (Å²) in [5.74, 6) is -0.835. The minimum atomic E-state index is -0.538. The molecule has 0 aliphatic heterocycles. The van der Waals surface area contributed by atoms with Crippen LogP contribution in [0.25, 0.3) is 11.4 Å². The molecule has 9 heteroatoms. The second-order valence-corrected chi connectivity index (χ2v) is 7.68. The van der Waals surface area contributed by atoms with Crippen molar-refractivity contribution >= 4 is 29.3 Å². The molecule has 0 aliphatic rings. The molecule has 1 aromatic heterocycles. The van der Waals surface area contributed by atoms with Crippen molar-refractivity contribution in [1.29, 1.82) is 0 Å². The SMILES string of the molecule is C=CCn1c(SC(C)C(=O)Nc2ccc(C(N)=O)cc2)nnc1-c1ccccc1F. The minimum Gasteiger partial charge on any atom is -0.366 e. The van der Waals surface area contributed by atoms with Gasteiger partial charge in [-0.3, -0.25) is 14.2 Å². The summed E-state index contributed by atoms with van der Waals surface area (Å²) in [6, 6.07) is 12.6. The number of thioether (sulfide) groups is 1. The molecule has 2 aromatic carbocycles. The lowest BCUT2D eigenvalue weighted by Crippen LogP contribution is -2.23. The van der Waals surface area contributed by atoms with E-state index in [4.69, 9.17) is 5.73 Å². The quantitative estimate of drug-likeness (QED) is 0.425. The van der Waals surface area contributed by atoms with E-state index < -0.39 is 17.0 Å². The molecule has 0 radical (unpaired) electrons. The third-order valence-electron chi connectivity index (χ3n) is 4.23. The zero-order valence-electron chi connectivity index (χ0n) is 16.2. The van der Waals surface area contributed by atoms with Crippen LogP contribution >= 0.6 is 11.8 Å². The van der Waals surface area contributed by atoms with Crippen molar-refractivity contribution in [2.75, 3.05) is 5.32 Å². The summed E-state index contributed by atoms with van der Waals surface area (Å²) in [6.45, 7) is 5.82. The number of halogens is 1. The second-order valence-electron chi connectivity index (χ2n) is 6.38. The molecule has 0 spiro atoms. The van der Waals surface area contributed by atoms with Crippen molar-refractivity contribution in [1.82, 2.24) is 14.8 Å². The highest BCUT2D eigenvalue weighted by Crippen LogP contribution is 2.28. The molecule has 1 unspecified atom stereocenters. The molecular formula is C21H20FN5O2S. The third kappa shape index (κ3) is 4.74. The van der Waals surface area contributed by atoms with Gasteiger partial charge in [-0.2, -0.15) is 0 Å². The lowest BCUT2D eigenvalue weighted by molar-refractivity contribution is -0.115. The Kier molecular flexibility index (Phi) is 6.63. The van der Waals surface area contributed by atoms with Gasteiger partial charge in [-0.05, 0) is 43.3 Å².